The molecule has 0 heterocycles. The van der Waals surface area contributed by atoms with Gasteiger partial charge in [-0.05, 0) is 80.0 Å². The molecule has 0 spiro atoms. The predicted octanol–water partition coefficient (Wildman–Crippen LogP) is 5.17. The number of hydrogen-bond acceptors (Lipinski definition) is 1. The number of aliphatic hydroxyl groups excluding tert-OH is 1. The first kappa shape index (κ1) is 14.9. The third kappa shape index (κ3) is 2.34. The molecule has 0 saturated heterocycles. The van der Waals surface area contributed by atoms with E-state index >= 15 is 0 Å². The fraction of sp³-hybridized carbons (Fsp3) is 1.00. The maximum Gasteiger partial charge on any atom is 0.0543 e. The molecule has 3 saturated carbocycles. The van der Waals surface area contributed by atoms with Gasteiger partial charge in [0.25, 0.3) is 0 Å². The van der Waals surface area contributed by atoms with E-state index < -0.39 is 0 Å². The molecular weight excluding hydrogens is 244 g/mol. The highest BCUT2D eigenvalue weighted by Crippen LogP contribution is 2.60. The molecule has 1 N–H and O–H groups in total. The molecule has 20 heavy (non-hydrogen) atoms. The number of hydrogen-bond donors (Lipinski definition) is 1. The van der Waals surface area contributed by atoms with Crippen molar-refractivity contribution in [2.24, 2.45) is 28.6 Å². The summed E-state index contributed by atoms with van der Waals surface area (Å²) in [6, 6.07) is 0. The first-order valence-corrected chi connectivity index (χ1v) is 9.16. The van der Waals surface area contributed by atoms with Gasteiger partial charge < -0.3 is 5.11 Å². The number of rotatable bonds is 2. The van der Waals surface area contributed by atoms with Crippen LogP contribution in [0.4, 0.5) is 0 Å². The Labute approximate surface area is 125 Å². The first-order chi connectivity index (χ1) is 9.48. The summed E-state index contributed by atoms with van der Waals surface area (Å²) in [6.07, 6.45) is 13.5. The van der Waals surface area contributed by atoms with E-state index in [9.17, 15) is 5.11 Å². The number of fused-ring (bicyclic) bond motifs is 1. The van der Waals surface area contributed by atoms with Crippen LogP contribution in [0.15, 0.2) is 0 Å². The van der Waals surface area contributed by atoms with Crippen molar-refractivity contribution in [3.8, 4) is 0 Å². The van der Waals surface area contributed by atoms with Crippen molar-refractivity contribution in [3.63, 3.8) is 0 Å². The molecule has 3 aliphatic rings. The Bertz CT molecular complexity index is 352. The second kappa shape index (κ2) is 5.30. The van der Waals surface area contributed by atoms with Crippen LogP contribution in [0.3, 0.4) is 0 Å². The van der Waals surface area contributed by atoms with Crippen molar-refractivity contribution < 1.29 is 5.11 Å². The van der Waals surface area contributed by atoms with Gasteiger partial charge in [0.2, 0.25) is 0 Å². The highest BCUT2D eigenvalue weighted by atomic mass is 16.3. The van der Waals surface area contributed by atoms with Gasteiger partial charge in [-0.2, -0.15) is 0 Å². The van der Waals surface area contributed by atoms with E-state index in [1.54, 1.807) is 0 Å². The minimum atomic E-state index is -0.0200. The maximum absolute atomic E-state index is 10.0. The van der Waals surface area contributed by atoms with E-state index in [0.29, 0.717) is 10.8 Å². The Morgan fingerprint density at radius 2 is 1.75 bits per heavy atom. The fourth-order valence-corrected chi connectivity index (χ4v) is 6.17. The fourth-order valence-electron chi connectivity index (χ4n) is 6.17. The molecular formula is C19H34O. The summed E-state index contributed by atoms with van der Waals surface area (Å²) in [6.45, 7) is 7.46. The minimum absolute atomic E-state index is 0.0200. The van der Waals surface area contributed by atoms with Gasteiger partial charge >= 0.3 is 0 Å². The van der Waals surface area contributed by atoms with E-state index in [1.807, 2.05) is 0 Å². The van der Waals surface area contributed by atoms with Crippen molar-refractivity contribution in [2.75, 3.05) is 0 Å². The summed E-state index contributed by atoms with van der Waals surface area (Å²) < 4.78 is 0. The van der Waals surface area contributed by atoms with Crippen LogP contribution < -0.4 is 0 Å². The van der Waals surface area contributed by atoms with Crippen molar-refractivity contribution in [3.05, 3.63) is 0 Å². The van der Waals surface area contributed by atoms with Gasteiger partial charge in [0.1, 0.15) is 0 Å². The molecule has 116 valence electrons. The van der Waals surface area contributed by atoms with E-state index in [-0.39, 0.29) is 6.10 Å². The first-order valence-electron chi connectivity index (χ1n) is 9.16. The summed E-state index contributed by atoms with van der Waals surface area (Å²) in [5, 5.41) is 10.0. The molecule has 3 aliphatic carbocycles. The van der Waals surface area contributed by atoms with E-state index in [2.05, 4.69) is 20.8 Å². The smallest absolute Gasteiger partial charge is 0.0543 e. The molecule has 0 radical (unpaired) electrons. The van der Waals surface area contributed by atoms with Crippen LogP contribution in [0.1, 0.15) is 85.0 Å². The van der Waals surface area contributed by atoms with E-state index in [4.69, 9.17) is 0 Å². The molecule has 0 aromatic rings. The summed E-state index contributed by atoms with van der Waals surface area (Å²) in [5.41, 5.74) is 1.20. The van der Waals surface area contributed by atoms with Crippen molar-refractivity contribution in [2.45, 2.75) is 91.1 Å². The molecule has 3 fully saturated rings. The van der Waals surface area contributed by atoms with E-state index in [0.717, 1.165) is 30.6 Å². The molecule has 1 nitrogen and oxygen atoms in total. The van der Waals surface area contributed by atoms with Crippen molar-refractivity contribution in [1.29, 1.82) is 0 Å². The largest absolute Gasteiger partial charge is 0.393 e. The zero-order valence-electron chi connectivity index (χ0n) is 13.8. The van der Waals surface area contributed by atoms with Crippen LogP contribution in [-0.2, 0) is 0 Å². The van der Waals surface area contributed by atoms with Gasteiger partial charge in [0.05, 0.1) is 6.10 Å². The Hall–Kier alpha value is -0.0400. The molecule has 0 aromatic carbocycles. The molecule has 6 atom stereocenters. The summed E-state index contributed by atoms with van der Waals surface area (Å²) in [7, 11) is 0. The van der Waals surface area contributed by atoms with Gasteiger partial charge in [-0.25, -0.2) is 0 Å². The monoisotopic (exact) mass is 278 g/mol. The van der Waals surface area contributed by atoms with Gasteiger partial charge in [-0.1, -0.05) is 33.6 Å². The molecule has 6 unspecified atom stereocenters. The average Bonchev–Trinajstić information content (AvgIpc) is 2.82. The normalized spacial score (nSPS) is 52.8. The molecule has 1 heteroatoms. The molecule has 0 aliphatic heterocycles. The molecule has 0 bridgehead atoms. The van der Waals surface area contributed by atoms with Crippen LogP contribution in [0.5, 0.6) is 0 Å². The number of aliphatic hydroxyl groups is 1. The predicted molar refractivity (Wildman–Crippen MR) is 84.5 cm³/mol. The average molecular weight is 278 g/mol. The van der Waals surface area contributed by atoms with Crippen LogP contribution in [0.2, 0.25) is 0 Å². The van der Waals surface area contributed by atoms with E-state index in [1.165, 1.54) is 51.4 Å². The maximum atomic E-state index is 10.0. The van der Waals surface area contributed by atoms with Gasteiger partial charge in [-0.3, -0.25) is 0 Å². The second-order valence-electron chi connectivity index (χ2n) is 8.75. The van der Waals surface area contributed by atoms with Crippen LogP contribution in [0, 0.1) is 28.6 Å². The molecule has 0 aromatic heterocycles. The van der Waals surface area contributed by atoms with Crippen LogP contribution in [-0.4, -0.2) is 11.2 Å². The summed E-state index contributed by atoms with van der Waals surface area (Å²) in [5.74, 6) is 2.68. The van der Waals surface area contributed by atoms with Crippen LogP contribution >= 0.6 is 0 Å². The highest BCUT2D eigenvalue weighted by Gasteiger charge is 2.50. The lowest BCUT2D eigenvalue weighted by molar-refractivity contribution is -0.0537. The Balaban J connectivity index is 1.75. The van der Waals surface area contributed by atoms with Gasteiger partial charge in [0.15, 0.2) is 0 Å². The van der Waals surface area contributed by atoms with Gasteiger partial charge in [-0.15, -0.1) is 0 Å². The molecule has 3 rings (SSSR count). The second-order valence-corrected chi connectivity index (χ2v) is 8.75. The Morgan fingerprint density at radius 1 is 0.950 bits per heavy atom. The van der Waals surface area contributed by atoms with Crippen molar-refractivity contribution >= 4 is 0 Å². The van der Waals surface area contributed by atoms with Crippen LogP contribution in [0.25, 0.3) is 0 Å². The summed E-state index contributed by atoms with van der Waals surface area (Å²) in [4.78, 5) is 0. The highest BCUT2D eigenvalue weighted by molar-refractivity contribution is 5.00. The summed E-state index contributed by atoms with van der Waals surface area (Å²) >= 11 is 0. The van der Waals surface area contributed by atoms with Crippen molar-refractivity contribution in [1.82, 2.24) is 0 Å². The Kier molecular flexibility index (Phi) is 3.95. The molecule has 0 amide bonds. The SMILES string of the molecule is CCC1CC(O)CCC1(C)C1CCC2(C)CCCC2C1. The Morgan fingerprint density at radius 3 is 2.50 bits per heavy atom. The third-order valence-electron chi connectivity index (χ3n) is 7.85. The topological polar surface area (TPSA) is 20.2 Å². The quantitative estimate of drug-likeness (QED) is 0.738. The standard InChI is InChI=1S/C19H34O/c1-4-14-13-17(20)8-11-19(14,3)16-7-10-18(2)9-5-6-15(18)12-16/h14-17,20H,4-13H2,1-3H3. The lowest BCUT2D eigenvalue weighted by atomic mass is 9.53. The minimum Gasteiger partial charge on any atom is -0.393 e. The lowest BCUT2D eigenvalue weighted by Gasteiger charge is -2.53. The zero-order chi connectivity index (χ0) is 14.4. The van der Waals surface area contributed by atoms with Gasteiger partial charge in [0, 0.05) is 0 Å². The third-order valence-corrected chi connectivity index (χ3v) is 7.85. The zero-order valence-corrected chi connectivity index (χ0v) is 13.8. The lowest BCUT2D eigenvalue weighted by Crippen LogP contribution is -2.45.